The van der Waals surface area contributed by atoms with E-state index in [4.69, 9.17) is 21.1 Å². The Labute approximate surface area is 226 Å². The molecule has 2 aliphatic rings. The summed E-state index contributed by atoms with van der Waals surface area (Å²) in [5.74, 6) is -0.129. The van der Waals surface area contributed by atoms with Crippen LogP contribution in [0.2, 0.25) is 0 Å². The standard InChI is InChI=1S/C30H30ClN3O4/c1-19-26-22-11-6-12-23-27(22)34(15-17-37-18-24(26)32-33(19)2)28(29(35)36)30(23,31)14-7-16-38-25-13-5-9-20-8-3-4-10-21(20)25/h3-6,8-13,28H,7,14-18H2,1-2H3,(H,35,36). The lowest BCUT2D eigenvalue weighted by Crippen LogP contribution is -2.48. The van der Waals surface area contributed by atoms with Gasteiger partial charge in [0.25, 0.3) is 0 Å². The van der Waals surface area contributed by atoms with Gasteiger partial charge < -0.3 is 19.5 Å². The Morgan fingerprint density at radius 2 is 1.97 bits per heavy atom. The quantitative estimate of drug-likeness (QED) is 0.256. The summed E-state index contributed by atoms with van der Waals surface area (Å²) in [6, 6.07) is 19.2. The van der Waals surface area contributed by atoms with Gasteiger partial charge >= 0.3 is 5.97 Å². The van der Waals surface area contributed by atoms with Gasteiger partial charge in [-0.3, -0.25) is 4.68 Å². The summed E-state index contributed by atoms with van der Waals surface area (Å²) in [4.78, 5) is 13.6. The minimum Gasteiger partial charge on any atom is -0.493 e. The molecule has 3 aromatic carbocycles. The number of hydrogen-bond donors (Lipinski definition) is 1. The number of para-hydroxylation sites is 1. The largest absolute Gasteiger partial charge is 0.493 e. The number of halogens is 1. The molecule has 2 aliphatic heterocycles. The highest BCUT2D eigenvalue weighted by molar-refractivity contribution is 6.28. The third-order valence-corrected chi connectivity index (χ3v) is 8.43. The van der Waals surface area contributed by atoms with Crippen LogP contribution >= 0.6 is 11.6 Å². The molecule has 1 aromatic heterocycles. The highest BCUT2D eigenvalue weighted by Crippen LogP contribution is 2.55. The number of alkyl halides is 1. The Balaban J connectivity index is 1.34. The molecule has 2 atom stereocenters. The summed E-state index contributed by atoms with van der Waals surface area (Å²) < 4.78 is 14.0. The molecule has 2 unspecified atom stereocenters. The Hall–Kier alpha value is -3.55. The van der Waals surface area contributed by atoms with Crippen LogP contribution in [0.3, 0.4) is 0 Å². The highest BCUT2D eigenvalue weighted by Gasteiger charge is 2.54. The molecular weight excluding hydrogens is 502 g/mol. The van der Waals surface area contributed by atoms with Crippen molar-refractivity contribution in [2.24, 2.45) is 7.05 Å². The molecule has 0 radical (unpaired) electrons. The first-order chi connectivity index (χ1) is 18.4. The third-order valence-electron chi connectivity index (χ3n) is 7.83. The summed E-state index contributed by atoms with van der Waals surface area (Å²) in [5, 5.41) is 17.3. The van der Waals surface area contributed by atoms with Crippen molar-refractivity contribution in [2.75, 3.05) is 24.7 Å². The molecule has 0 saturated carbocycles. The lowest BCUT2D eigenvalue weighted by molar-refractivity contribution is -0.139. The van der Waals surface area contributed by atoms with Gasteiger partial charge in [0.15, 0.2) is 6.04 Å². The molecule has 0 amide bonds. The molecule has 38 heavy (non-hydrogen) atoms. The molecule has 196 valence electrons. The van der Waals surface area contributed by atoms with E-state index >= 15 is 0 Å². The Bertz CT molecular complexity index is 1530. The van der Waals surface area contributed by atoms with Crippen LogP contribution in [-0.2, 0) is 28.1 Å². The van der Waals surface area contributed by atoms with E-state index < -0.39 is 16.9 Å². The third kappa shape index (κ3) is 3.92. The zero-order valence-corrected chi connectivity index (χ0v) is 22.2. The predicted molar refractivity (Wildman–Crippen MR) is 148 cm³/mol. The number of carboxylic acids is 1. The topological polar surface area (TPSA) is 76.8 Å². The van der Waals surface area contributed by atoms with Gasteiger partial charge in [-0.2, -0.15) is 5.10 Å². The van der Waals surface area contributed by atoms with Gasteiger partial charge in [-0.15, -0.1) is 11.6 Å². The summed E-state index contributed by atoms with van der Waals surface area (Å²) in [6.07, 6.45) is 1.05. The average molecular weight is 532 g/mol. The van der Waals surface area contributed by atoms with Crippen LogP contribution in [0.15, 0.2) is 60.7 Å². The van der Waals surface area contributed by atoms with Gasteiger partial charge in [0.05, 0.1) is 31.2 Å². The minimum absolute atomic E-state index is 0.379. The van der Waals surface area contributed by atoms with Gasteiger partial charge in [-0.1, -0.05) is 54.6 Å². The van der Waals surface area contributed by atoms with E-state index in [0.717, 1.165) is 50.3 Å². The number of anilines is 1. The maximum absolute atomic E-state index is 12.8. The van der Waals surface area contributed by atoms with Crippen molar-refractivity contribution in [1.82, 2.24) is 9.78 Å². The fraction of sp³-hybridized carbons (Fsp3) is 0.333. The molecule has 0 spiro atoms. The number of fused-ring (bicyclic) bond motifs is 3. The molecular formula is C30H30ClN3O4. The van der Waals surface area contributed by atoms with Crippen LogP contribution in [0.25, 0.3) is 21.9 Å². The van der Waals surface area contributed by atoms with Crippen molar-refractivity contribution in [3.63, 3.8) is 0 Å². The molecule has 1 N–H and O–H groups in total. The monoisotopic (exact) mass is 531 g/mol. The van der Waals surface area contributed by atoms with Crippen LogP contribution in [0.5, 0.6) is 5.75 Å². The summed E-state index contributed by atoms with van der Waals surface area (Å²) in [5.41, 5.74) is 5.50. The number of aliphatic carboxylic acids is 1. The molecule has 0 bridgehead atoms. The number of aryl methyl sites for hydroxylation is 1. The summed E-state index contributed by atoms with van der Waals surface area (Å²) in [6.45, 7) is 3.64. The first kappa shape index (κ1) is 24.8. The predicted octanol–water partition coefficient (Wildman–Crippen LogP) is 5.65. The van der Waals surface area contributed by atoms with Crippen LogP contribution in [0.4, 0.5) is 5.69 Å². The lowest BCUT2D eigenvalue weighted by Gasteiger charge is -2.32. The zero-order valence-electron chi connectivity index (χ0n) is 21.5. The molecule has 6 rings (SSSR count). The van der Waals surface area contributed by atoms with E-state index in [1.54, 1.807) is 0 Å². The normalized spacial score (nSPS) is 20.4. The molecule has 0 fully saturated rings. The van der Waals surface area contributed by atoms with Crippen molar-refractivity contribution in [1.29, 1.82) is 0 Å². The van der Waals surface area contributed by atoms with Gasteiger partial charge in [-0.25, -0.2) is 4.79 Å². The Kier molecular flexibility index (Phi) is 6.28. The maximum Gasteiger partial charge on any atom is 0.328 e. The number of rotatable bonds is 6. The number of carboxylic acid groups (broad SMARTS) is 1. The van der Waals surface area contributed by atoms with E-state index in [2.05, 4.69) is 17.2 Å². The van der Waals surface area contributed by atoms with E-state index in [1.165, 1.54) is 0 Å². The molecule has 3 heterocycles. The van der Waals surface area contributed by atoms with E-state index in [0.29, 0.717) is 39.2 Å². The van der Waals surface area contributed by atoms with Crippen molar-refractivity contribution >= 4 is 34.0 Å². The second kappa shape index (κ2) is 9.64. The lowest BCUT2D eigenvalue weighted by atomic mass is 9.87. The maximum atomic E-state index is 12.8. The fourth-order valence-electron chi connectivity index (χ4n) is 6.05. The van der Waals surface area contributed by atoms with E-state index in [9.17, 15) is 9.90 Å². The average Bonchev–Trinajstić information content (AvgIpc) is 3.36. The van der Waals surface area contributed by atoms with Gasteiger partial charge in [0.2, 0.25) is 0 Å². The van der Waals surface area contributed by atoms with Crippen LogP contribution < -0.4 is 9.64 Å². The SMILES string of the molecule is Cc1c2c(nn1C)COCCN1c3c-2cccc3C(Cl)(CCCOc2cccc3ccccc23)C1C(=O)O. The van der Waals surface area contributed by atoms with Crippen LogP contribution in [0, 0.1) is 6.92 Å². The van der Waals surface area contributed by atoms with Gasteiger partial charge in [-0.05, 0) is 36.8 Å². The first-order valence-electron chi connectivity index (χ1n) is 12.9. The fourth-order valence-corrected chi connectivity index (χ4v) is 6.54. The van der Waals surface area contributed by atoms with Crippen molar-refractivity contribution in [3.8, 4) is 16.9 Å². The number of aromatic nitrogens is 2. The van der Waals surface area contributed by atoms with E-state index in [-0.39, 0.29) is 0 Å². The zero-order chi connectivity index (χ0) is 26.4. The highest BCUT2D eigenvalue weighted by atomic mass is 35.5. The number of carbonyl (C=O) groups is 1. The van der Waals surface area contributed by atoms with Crippen LogP contribution in [-0.4, -0.2) is 46.7 Å². The molecule has 7 nitrogen and oxygen atoms in total. The molecule has 0 aliphatic carbocycles. The van der Waals surface area contributed by atoms with Crippen LogP contribution in [0.1, 0.15) is 29.8 Å². The number of ether oxygens (including phenoxy) is 2. The Morgan fingerprint density at radius 1 is 1.18 bits per heavy atom. The summed E-state index contributed by atoms with van der Waals surface area (Å²) >= 11 is 7.39. The minimum atomic E-state index is -1.12. The second-order valence-corrected chi connectivity index (χ2v) is 10.7. The van der Waals surface area contributed by atoms with E-state index in [1.807, 2.05) is 72.1 Å². The number of nitrogens with zero attached hydrogens (tertiary/aromatic N) is 3. The van der Waals surface area contributed by atoms with Crippen molar-refractivity contribution in [2.45, 2.75) is 37.3 Å². The molecule has 8 heteroatoms. The Morgan fingerprint density at radius 3 is 2.82 bits per heavy atom. The van der Waals surface area contributed by atoms with Gasteiger partial charge in [0, 0.05) is 35.8 Å². The second-order valence-electron chi connectivity index (χ2n) is 10.0. The first-order valence-corrected chi connectivity index (χ1v) is 13.3. The summed E-state index contributed by atoms with van der Waals surface area (Å²) in [7, 11) is 1.91. The molecule has 0 saturated heterocycles. The smallest absolute Gasteiger partial charge is 0.328 e. The van der Waals surface area contributed by atoms with Crippen molar-refractivity contribution in [3.05, 3.63) is 77.6 Å². The molecule has 4 aromatic rings. The van der Waals surface area contributed by atoms with Crippen molar-refractivity contribution < 1.29 is 19.4 Å². The number of benzene rings is 3. The number of hydrogen-bond acceptors (Lipinski definition) is 5. The van der Waals surface area contributed by atoms with Gasteiger partial charge in [0.1, 0.15) is 10.6 Å².